The average Bonchev–Trinajstić information content (AvgIpc) is 3.18. The Morgan fingerprint density at radius 1 is 0.444 bits per heavy atom. The van der Waals surface area contributed by atoms with E-state index in [-0.39, 0.29) is 6.61 Å². The molecule has 0 saturated heterocycles. The zero-order valence-corrected chi connectivity index (χ0v) is 36.1. The van der Waals surface area contributed by atoms with Crippen LogP contribution in [0.15, 0.2) is 36.5 Å². The van der Waals surface area contributed by atoms with Gasteiger partial charge in [-0.15, -0.1) is 0 Å². The molecule has 0 aromatic carbocycles. The van der Waals surface area contributed by atoms with Gasteiger partial charge in [-0.05, 0) is 44.9 Å². The molecular weight excluding hydrogens is 667 g/mol. The Hall–Kier alpha value is -1.43. The summed E-state index contributed by atoms with van der Waals surface area (Å²) >= 11 is 0. The first-order valence-corrected chi connectivity index (χ1v) is 23.8. The summed E-state index contributed by atoms with van der Waals surface area (Å²) in [6.45, 7) is 4.18. The van der Waals surface area contributed by atoms with Crippen molar-refractivity contribution in [1.29, 1.82) is 0 Å². The number of hydrogen-bond donors (Lipinski definition) is 4. The maximum atomic E-state index is 12.5. The fraction of sp³-hybridized carbons (Fsp3) is 0.857. The molecule has 5 heteroatoms. The van der Waals surface area contributed by atoms with Gasteiger partial charge in [-0.3, -0.25) is 4.79 Å². The summed E-state index contributed by atoms with van der Waals surface area (Å²) in [4.78, 5) is 12.5. The second-order valence-corrected chi connectivity index (χ2v) is 16.3. The Labute approximate surface area is 336 Å². The predicted molar refractivity (Wildman–Crippen MR) is 236 cm³/mol. The van der Waals surface area contributed by atoms with Gasteiger partial charge in [0.15, 0.2) is 0 Å². The molecule has 0 aliphatic heterocycles. The second-order valence-electron chi connectivity index (χ2n) is 16.3. The lowest BCUT2D eigenvalue weighted by Gasteiger charge is -2.21. The van der Waals surface area contributed by atoms with E-state index in [9.17, 15) is 20.1 Å². The van der Waals surface area contributed by atoms with E-state index in [4.69, 9.17) is 0 Å². The Kier molecular flexibility index (Phi) is 43.1. The molecule has 0 aliphatic carbocycles. The van der Waals surface area contributed by atoms with Crippen LogP contribution in [0.3, 0.4) is 0 Å². The highest BCUT2D eigenvalue weighted by atomic mass is 16.3. The highest BCUT2D eigenvalue weighted by Crippen LogP contribution is 2.16. The van der Waals surface area contributed by atoms with E-state index in [0.717, 1.165) is 44.9 Å². The van der Waals surface area contributed by atoms with Gasteiger partial charge in [0.1, 0.15) is 6.10 Å². The molecule has 318 valence electrons. The fourth-order valence-electron chi connectivity index (χ4n) is 7.22. The Bertz CT molecular complexity index is 840. The van der Waals surface area contributed by atoms with Gasteiger partial charge in [0.05, 0.1) is 18.8 Å². The molecule has 0 spiro atoms. The number of allylic oxidation sites excluding steroid dienone is 5. The summed E-state index contributed by atoms with van der Waals surface area (Å²) in [5, 5.41) is 33.2. The monoisotopic (exact) mass is 760 g/mol. The van der Waals surface area contributed by atoms with Crippen LogP contribution in [0.25, 0.3) is 0 Å². The predicted octanol–water partition coefficient (Wildman–Crippen LogP) is 13.9. The van der Waals surface area contributed by atoms with Crippen molar-refractivity contribution in [3.8, 4) is 0 Å². The second kappa shape index (κ2) is 44.3. The lowest BCUT2D eigenvalue weighted by atomic mass is 10.0. The molecule has 0 aliphatic rings. The minimum absolute atomic E-state index is 0.379. The smallest absolute Gasteiger partial charge is 0.249 e. The number of unbranched alkanes of at least 4 members (excludes halogenated alkanes) is 31. The molecule has 5 nitrogen and oxygen atoms in total. The van der Waals surface area contributed by atoms with Crippen LogP contribution < -0.4 is 5.32 Å². The van der Waals surface area contributed by atoms with Crippen molar-refractivity contribution in [1.82, 2.24) is 5.32 Å². The number of hydrogen-bond acceptors (Lipinski definition) is 4. The topological polar surface area (TPSA) is 89.8 Å². The van der Waals surface area contributed by atoms with Crippen molar-refractivity contribution in [3.63, 3.8) is 0 Å². The molecule has 0 bridgehead atoms. The number of rotatable bonds is 43. The van der Waals surface area contributed by atoms with Gasteiger partial charge < -0.3 is 20.6 Å². The van der Waals surface area contributed by atoms with Gasteiger partial charge in [-0.2, -0.15) is 0 Å². The lowest BCUT2D eigenvalue weighted by molar-refractivity contribution is -0.131. The molecule has 3 unspecified atom stereocenters. The first-order chi connectivity index (χ1) is 26.6. The maximum Gasteiger partial charge on any atom is 0.249 e. The summed E-state index contributed by atoms with van der Waals surface area (Å²) in [6, 6.07) is -0.818. The zero-order valence-electron chi connectivity index (χ0n) is 36.1. The van der Waals surface area contributed by atoms with Gasteiger partial charge in [-0.25, -0.2) is 0 Å². The fourth-order valence-corrected chi connectivity index (χ4v) is 7.22. The molecule has 0 heterocycles. The summed E-state index contributed by atoms with van der Waals surface area (Å²) in [5.41, 5.74) is 0. The first kappa shape index (κ1) is 52.6. The largest absolute Gasteiger partial charge is 0.394 e. The van der Waals surface area contributed by atoms with Crippen LogP contribution in [-0.2, 0) is 4.79 Å². The maximum absolute atomic E-state index is 12.5. The normalized spacial score (nSPS) is 13.8. The van der Waals surface area contributed by atoms with Crippen LogP contribution in [0.2, 0.25) is 0 Å². The Balaban J connectivity index is 3.67. The molecule has 54 heavy (non-hydrogen) atoms. The third-order valence-corrected chi connectivity index (χ3v) is 11.0. The zero-order chi connectivity index (χ0) is 39.4. The van der Waals surface area contributed by atoms with Crippen LogP contribution in [-0.4, -0.2) is 46.1 Å². The van der Waals surface area contributed by atoms with Crippen LogP contribution in [0, 0.1) is 0 Å². The third kappa shape index (κ3) is 38.8. The van der Waals surface area contributed by atoms with Gasteiger partial charge in [-0.1, -0.05) is 237 Å². The Morgan fingerprint density at radius 3 is 1.13 bits per heavy atom. The van der Waals surface area contributed by atoms with Crippen LogP contribution >= 0.6 is 0 Å². The highest BCUT2D eigenvalue weighted by Gasteiger charge is 2.22. The summed E-state index contributed by atoms with van der Waals surface area (Å²) in [5.74, 6) is -0.514. The van der Waals surface area contributed by atoms with Crippen LogP contribution in [0.1, 0.15) is 245 Å². The van der Waals surface area contributed by atoms with Crippen LogP contribution in [0.5, 0.6) is 0 Å². The molecule has 0 aromatic heterocycles. The molecule has 0 rings (SSSR count). The van der Waals surface area contributed by atoms with E-state index in [1.807, 2.05) is 6.08 Å². The summed E-state index contributed by atoms with van der Waals surface area (Å²) in [6.07, 6.45) is 56.2. The summed E-state index contributed by atoms with van der Waals surface area (Å²) in [7, 11) is 0. The van der Waals surface area contributed by atoms with Crippen LogP contribution in [0.4, 0.5) is 0 Å². The molecule has 3 atom stereocenters. The van der Waals surface area contributed by atoms with Gasteiger partial charge in [0.25, 0.3) is 0 Å². The lowest BCUT2D eigenvalue weighted by Crippen LogP contribution is -2.48. The molecule has 1 amide bonds. The summed E-state index contributed by atoms with van der Waals surface area (Å²) < 4.78 is 0. The highest BCUT2D eigenvalue weighted by molar-refractivity contribution is 5.80. The third-order valence-electron chi connectivity index (χ3n) is 11.0. The van der Waals surface area contributed by atoms with E-state index < -0.39 is 24.2 Å². The number of carbonyl (C=O) groups is 1. The van der Waals surface area contributed by atoms with Crippen molar-refractivity contribution in [3.05, 3.63) is 36.5 Å². The average molecular weight is 760 g/mol. The number of amides is 1. The van der Waals surface area contributed by atoms with Crippen molar-refractivity contribution in [2.45, 2.75) is 263 Å². The van der Waals surface area contributed by atoms with E-state index in [0.29, 0.717) is 6.42 Å². The standard InChI is InChI=1S/C49H93NO4/c1-3-5-7-9-11-13-15-17-19-21-23-24-25-26-28-30-32-34-36-38-40-42-44-48(53)49(54)50-46(45-51)47(52)43-41-39-37-35-33-31-29-27-22-20-18-16-14-12-10-8-6-4-2/h22,27,33,35,41,43,46-48,51-53H,3-21,23-26,28-32,34,36-40,42,44-45H2,1-2H3,(H,50,54)/b27-22+,35-33+,43-41+. The quantitative estimate of drug-likeness (QED) is 0.0368. The van der Waals surface area contributed by atoms with E-state index in [2.05, 4.69) is 43.5 Å². The molecular formula is C49H93NO4. The number of aliphatic hydroxyl groups excluding tert-OH is 3. The Morgan fingerprint density at radius 2 is 0.759 bits per heavy atom. The van der Waals surface area contributed by atoms with E-state index in [1.54, 1.807) is 6.08 Å². The van der Waals surface area contributed by atoms with Gasteiger partial charge >= 0.3 is 0 Å². The number of carbonyl (C=O) groups excluding carboxylic acids is 1. The SMILES string of the molecule is CCCCCCCCCC/C=C/CC/C=C/CC/C=C/C(O)C(CO)NC(=O)C(O)CCCCCCCCCCCCCCCCCCCCCCCC. The van der Waals surface area contributed by atoms with Crippen molar-refractivity contribution >= 4 is 5.91 Å². The van der Waals surface area contributed by atoms with Gasteiger partial charge in [0.2, 0.25) is 5.91 Å². The van der Waals surface area contributed by atoms with Crippen molar-refractivity contribution in [2.24, 2.45) is 0 Å². The molecule has 4 N–H and O–H groups in total. The molecule has 0 radical (unpaired) electrons. The molecule has 0 saturated carbocycles. The van der Waals surface area contributed by atoms with E-state index in [1.165, 1.54) is 180 Å². The van der Waals surface area contributed by atoms with Crippen molar-refractivity contribution < 1.29 is 20.1 Å². The minimum atomic E-state index is -1.11. The van der Waals surface area contributed by atoms with Gasteiger partial charge in [0, 0.05) is 0 Å². The minimum Gasteiger partial charge on any atom is -0.394 e. The number of aliphatic hydroxyl groups is 3. The number of nitrogens with one attached hydrogen (secondary N) is 1. The van der Waals surface area contributed by atoms with Crippen molar-refractivity contribution in [2.75, 3.05) is 6.61 Å². The van der Waals surface area contributed by atoms with E-state index >= 15 is 0 Å². The molecule has 0 aromatic rings. The first-order valence-electron chi connectivity index (χ1n) is 23.8. The molecule has 0 fully saturated rings.